The first kappa shape index (κ1) is 31.6. The van der Waals surface area contributed by atoms with Gasteiger partial charge in [-0.25, -0.2) is 0 Å². The van der Waals surface area contributed by atoms with Gasteiger partial charge in [-0.2, -0.15) is 61.5 Å². The number of alkyl halides is 14. The van der Waals surface area contributed by atoms with Crippen LogP contribution in [0.25, 0.3) is 0 Å². The van der Waals surface area contributed by atoms with Gasteiger partial charge in [0, 0.05) is 12.0 Å². The molecule has 3 atom stereocenters. The van der Waals surface area contributed by atoms with Crippen LogP contribution in [0.5, 0.6) is 0 Å². The Morgan fingerprint density at radius 1 is 0.675 bits per heavy atom. The highest BCUT2D eigenvalue weighted by molar-refractivity contribution is 5.29. The topological polar surface area (TPSA) is 18.5 Å². The van der Waals surface area contributed by atoms with Gasteiger partial charge in [-0.15, -0.1) is 6.58 Å². The van der Waals surface area contributed by atoms with Gasteiger partial charge in [0.05, 0.1) is 0 Å². The van der Waals surface area contributed by atoms with Crippen molar-refractivity contribution in [1.82, 2.24) is 0 Å². The van der Waals surface area contributed by atoms with E-state index in [-0.39, 0.29) is 32.1 Å². The van der Waals surface area contributed by atoms with E-state index in [1.54, 1.807) is 0 Å². The van der Waals surface area contributed by atoms with Crippen LogP contribution in [-0.2, 0) is 9.47 Å². The van der Waals surface area contributed by atoms with Crippen molar-refractivity contribution >= 4 is 0 Å². The quantitative estimate of drug-likeness (QED) is 0.202. The second kappa shape index (κ2) is 9.09. The van der Waals surface area contributed by atoms with Gasteiger partial charge in [-0.05, 0) is 75.0 Å². The highest BCUT2D eigenvalue weighted by Gasteiger charge is 2.96. The highest BCUT2D eigenvalue weighted by Crippen LogP contribution is 2.77. The summed E-state index contributed by atoms with van der Waals surface area (Å²) in [6.45, 7) is 3.00. The molecule has 1 saturated heterocycles. The predicted molar refractivity (Wildman–Crippen MR) is 109 cm³/mol. The lowest BCUT2D eigenvalue weighted by Gasteiger charge is -2.69. The van der Waals surface area contributed by atoms with Crippen LogP contribution >= 0.6 is 0 Å². The van der Waals surface area contributed by atoms with E-state index >= 15 is 17.6 Å². The van der Waals surface area contributed by atoms with Crippen LogP contribution in [0.4, 0.5) is 61.5 Å². The zero-order valence-corrected chi connectivity index (χ0v) is 20.7. The van der Waals surface area contributed by atoms with Crippen LogP contribution < -0.4 is 0 Å². The van der Waals surface area contributed by atoms with Gasteiger partial charge in [0.2, 0.25) is 5.60 Å². The zero-order valence-electron chi connectivity index (χ0n) is 20.7. The summed E-state index contributed by atoms with van der Waals surface area (Å²) in [6.07, 6.45) is -20.0. The molecular formula is C24H26F14O2. The van der Waals surface area contributed by atoms with E-state index in [9.17, 15) is 43.9 Å². The minimum Gasteiger partial charge on any atom is -0.353 e. The van der Waals surface area contributed by atoms with E-state index in [0.717, 1.165) is 6.08 Å². The molecule has 1 aliphatic heterocycles. The van der Waals surface area contributed by atoms with E-state index in [4.69, 9.17) is 4.74 Å². The third-order valence-electron chi connectivity index (χ3n) is 9.12. The van der Waals surface area contributed by atoms with Gasteiger partial charge in [0.1, 0.15) is 0 Å². The molecule has 5 fully saturated rings. The average molecular weight is 612 g/mol. The zero-order chi connectivity index (χ0) is 30.4. The Bertz CT molecular complexity index is 927. The van der Waals surface area contributed by atoms with Gasteiger partial charge in [-0.3, -0.25) is 0 Å². The molecule has 40 heavy (non-hydrogen) atoms. The minimum absolute atomic E-state index is 0.0211. The van der Waals surface area contributed by atoms with E-state index in [1.165, 1.54) is 0 Å². The first-order chi connectivity index (χ1) is 18.0. The summed E-state index contributed by atoms with van der Waals surface area (Å²) in [4.78, 5) is 0. The summed E-state index contributed by atoms with van der Waals surface area (Å²) < 4.78 is 214. The lowest BCUT2D eigenvalue weighted by Crippen LogP contribution is -2.84. The standard InChI is InChI=1S/C24H26F14O2/c1-2-16-8-13-7-14(9-16)11-17(10-13,12-16)18(40-15-5-3-4-6-39-15,19(25,26)21(29,30)23(33,34)35)20(27,28)22(31,32)24(36,37)38/h2,13-15H,1,3-12H2. The van der Waals surface area contributed by atoms with Crippen molar-refractivity contribution in [2.75, 3.05) is 6.61 Å². The monoisotopic (exact) mass is 612 g/mol. The lowest BCUT2D eigenvalue weighted by atomic mass is 9.39. The second-order valence-electron chi connectivity index (χ2n) is 11.7. The van der Waals surface area contributed by atoms with Gasteiger partial charge in [0.25, 0.3) is 0 Å². The summed E-state index contributed by atoms with van der Waals surface area (Å²) in [7, 11) is 0. The maximum atomic E-state index is 16.1. The molecule has 4 aliphatic carbocycles. The number of rotatable bonds is 8. The molecule has 3 unspecified atom stereocenters. The molecule has 0 aromatic rings. The maximum Gasteiger partial charge on any atom is 0.459 e. The minimum atomic E-state index is -7.52. The van der Waals surface area contributed by atoms with Crippen LogP contribution in [0.1, 0.15) is 57.8 Å². The van der Waals surface area contributed by atoms with Crippen molar-refractivity contribution < 1.29 is 70.9 Å². The van der Waals surface area contributed by atoms with Crippen LogP contribution in [0.15, 0.2) is 12.7 Å². The predicted octanol–water partition coefficient (Wildman–Crippen LogP) is 8.71. The molecule has 0 aromatic heterocycles. The van der Waals surface area contributed by atoms with Crippen molar-refractivity contribution in [3.8, 4) is 0 Å². The van der Waals surface area contributed by atoms with Gasteiger partial charge in [-0.1, -0.05) is 6.08 Å². The Hall–Kier alpha value is -1.32. The van der Waals surface area contributed by atoms with Gasteiger partial charge in [0.15, 0.2) is 6.29 Å². The van der Waals surface area contributed by atoms with Crippen molar-refractivity contribution in [2.45, 2.75) is 106 Å². The maximum absolute atomic E-state index is 16.1. The van der Waals surface area contributed by atoms with E-state index in [0.29, 0.717) is 0 Å². The molecule has 2 nitrogen and oxygen atoms in total. The van der Waals surface area contributed by atoms with Crippen LogP contribution in [0, 0.1) is 22.7 Å². The Kier molecular flexibility index (Phi) is 7.18. The molecule has 232 valence electrons. The molecule has 5 rings (SSSR count). The summed E-state index contributed by atoms with van der Waals surface area (Å²) in [6, 6.07) is 0. The van der Waals surface area contributed by atoms with E-state index in [1.807, 2.05) is 0 Å². The van der Waals surface area contributed by atoms with Gasteiger partial charge < -0.3 is 9.47 Å². The Balaban J connectivity index is 2.12. The van der Waals surface area contributed by atoms with Crippen LogP contribution in [0.3, 0.4) is 0 Å². The first-order valence-corrected chi connectivity index (χ1v) is 12.5. The average Bonchev–Trinajstić information content (AvgIpc) is 2.80. The SMILES string of the molecule is C=CC12CC3CC(C1)CC(C(OC1CCCCO1)(C(F)(F)C(F)(F)C(F)(F)F)C(F)(F)C(F)(F)C(F)(F)F)(C3)C2. The van der Waals surface area contributed by atoms with Crippen LogP contribution in [-0.4, -0.2) is 54.5 Å². The molecule has 0 spiro atoms. The Morgan fingerprint density at radius 3 is 1.52 bits per heavy atom. The Labute approximate surface area is 219 Å². The molecule has 5 aliphatic rings. The molecule has 0 aromatic carbocycles. The summed E-state index contributed by atoms with van der Waals surface area (Å²) in [5, 5.41) is 0. The number of ether oxygens (including phenoxy) is 2. The van der Waals surface area contributed by atoms with Crippen molar-refractivity contribution in [2.24, 2.45) is 22.7 Å². The molecule has 1 heterocycles. The molecule has 4 saturated carbocycles. The third-order valence-corrected chi connectivity index (χ3v) is 9.12. The fourth-order valence-corrected chi connectivity index (χ4v) is 7.92. The molecule has 0 amide bonds. The summed E-state index contributed by atoms with van der Waals surface area (Å²) in [5.41, 5.74) is -10.9. The van der Waals surface area contributed by atoms with Crippen LogP contribution in [0.2, 0.25) is 0 Å². The number of hydrogen-bond donors (Lipinski definition) is 0. The highest BCUT2D eigenvalue weighted by atomic mass is 19.4. The van der Waals surface area contributed by atoms with E-state index in [2.05, 4.69) is 11.3 Å². The normalized spacial score (nSPS) is 34.3. The number of hydrogen-bond acceptors (Lipinski definition) is 2. The number of allylic oxidation sites excluding steroid dienone is 1. The van der Waals surface area contributed by atoms with Crippen molar-refractivity contribution in [3.05, 3.63) is 12.7 Å². The smallest absolute Gasteiger partial charge is 0.353 e. The molecular weight excluding hydrogens is 586 g/mol. The largest absolute Gasteiger partial charge is 0.459 e. The fourth-order valence-electron chi connectivity index (χ4n) is 7.92. The molecule has 0 N–H and O–H groups in total. The fraction of sp³-hybridized carbons (Fsp3) is 0.917. The molecule has 4 bridgehead atoms. The van der Waals surface area contributed by atoms with Gasteiger partial charge >= 0.3 is 36.0 Å². The molecule has 0 radical (unpaired) electrons. The second-order valence-corrected chi connectivity index (χ2v) is 11.7. The van der Waals surface area contributed by atoms with Crippen molar-refractivity contribution in [1.29, 1.82) is 0 Å². The third kappa shape index (κ3) is 4.03. The number of halogens is 14. The van der Waals surface area contributed by atoms with E-state index < -0.39 is 103 Å². The Morgan fingerprint density at radius 2 is 1.15 bits per heavy atom. The lowest BCUT2D eigenvalue weighted by molar-refractivity contribution is -0.495. The summed E-state index contributed by atoms with van der Waals surface area (Å²) in [5.74, 6) is -31.6. The first-order valence-electron chi connectivity index (χ1n) is 12.5. The van der Waals surface area contributed by atoms with Crippen molar-refractivity contribution in [3.63, 3.8) is 0 Å². The molecule has 16 heteroatoms. The summed E-state index contributed by atoms with van der Waals surface area (Å²) >= 11 is 0.